The molecule has 0 aliphatic carbocycles. The van der Waals surface area contributed by atoms with Gasteiger partial charge in [0.2, 0.25) is 5.91 Å². The van der Waals surface area contributed by atoms with Gasteiger partial charge >= 0.3 is 0 Å². The normalized spacial score (nSPS) is 16.5. The first-order chi connectivity index (χ1) is 11.6. The van der Waals surface area contributed by atoms with Crippen LogP contribution in [-0.2, 0) is 11.2 Å². The Kier molecular flexibility index (Phi) is 7.28. The standard InChI is InChI=1S/C17H19F2N3OS.ClH/c18-14-3-1-12(8-15(14)19)7-13-10-21-17(24-13)22-16(23)4-2-11-5-6-20-9-11;/h1,3,8,10-11,20H,2,4-7,9H2,(H,21,22,23);1H. The molecule has 1 aromatic carbocycles. The van der Waals surface area contributed by atoms with E-state index in [4.69, 9.17) is 0 Å². The highest BCUT2D eigenvalue weighted by Gasteiger charge is 2.16. The molecule has 2 N–H and O–H groups in total. The number of rotatable bonds is 6. The second-order valence-electron chi connectivity index (χ2n) is 6.00. The minimum Gasteiger partial charge on any atom is -0.316 e. The Hall–Kier alpha value is -1.57. The predicted molar refractivity (Wildman–Crippen MR) is 97.4 cm³/mol. The maximum absolute atomic E-state index is 13.2. The lowest BCUT2D eigenvalue weighted by atomic mass is 10.0. The average molecular weight is 388 g/mol. The van der Waals surface area contributed by atoms with E-state index in [1.807, 2.05) is 0 Å². The number of aromatic nitrogens is 1. The summed E-state index contributed by atoms with van der Waals surface area (Å²) in [6, 6.07) is 3.85. The molecule has 4 nitrogen and oxygen atoms in total. The largest absolute Gasteiger partial charge is 0.316 e. The van der Waals surface area contributed by atoms with E-state index in [0.717, 1.165) is 36.9 Å². The second-order valence-corrected chi connectivity index (χ2v) is 7.12. The van der Waals surface area contributed by atoms with E-state index in [1.165, 1.54) is 17.4 Å². The van der Waals surface area contributed by atoms with Crippen LogP contribution in [0.5, 0.6) is 0 Å². The molecule has 136 valence electrons. The Morgan fingerprint density at radius 2 is 2.20 bits per heavy atom. The summed E-state index contributed by atoms with van der Waals surface area (Å²) in [7, 11) is 0. The summed E-state index contributed by atoms with van der Waals surface area (Å²) in [5.41, 5.74) is 0.671. The molecular weight excluding hydrogens is 368 g/mol. The van der Waals surface area contributed by atoms with Crippen LogP contribution >= 0.6 is 23.7 Å². The van der Waals surface area contributed by atoms with Crippen LogP contribution in [0.4, 0.5) is 13.9 Å². The van der Waals surface area contributed by atoms with Gasteiger partial charge in [-0.15, -0.1) is 23.7 Å². The van der Waals surface area contributed by atoms with Gasteiger partial charge in [0.05, 0.1) is 0 Å². The summed E-state index contributed by atoms with van der Waals surface area (Å²) in [5, 5.41) is 6.64. The van der Waals surface area contributed by atoms with Gasteiger partial charge in [0.15, 0.2) is 16.8 Å². The minimum absolute atomic E-state index is 0. The smallest absolute Gasteiger partial charge is 0.226 e. The Bertz CT molecular complexity index is 720. The summed E-state index contributed by atoms with van der Waals surface area (Å²) in [6.45, 7) is 2.02. The lowest BCUT2D eigenvalue weighted by molar-refractivity contribution is -0.116. The molecule has 0 radical (unpaired) electrons. The van der Waals surface area contributed by atoms with Crippen LogP contribution in [0.15, 0.2) is 24.4 Å². The first-order valence-corrected chi connectivity index (χ1v) is 8.81. The number of carbonyl (C=O) groups is 1. The Morgan fingerprint density at radius 1 is 1.36 bits per heavy atom. The zero-order valence-electron chi connectivity index (χ0n) is 13.6. The van der Waals surface area contributed by atoms with Gasteiger partial charge < -0.3 is 10.6 Å². The molecule has 8 heteroatoms. The summed E-state index contributed by atoms with van der Waals surface area (Å²) in [5.74, 6) is -1.16. The van der Waals surface area contributed by atoms with E-state index in [-0.39, 0.29) is 18.3 Å². The molecule has 2 heterocycles. The number of anilines is 1. The predicted octanol–water partition coefficient (Wildman–Crippen LogP) is 3.76. The fourth-order valence-corrected chi connectivity index (χ4v) is 3.64. The lowest BCUT2D eigenvalue weighted by Gasteiger charge is -2.06. The molecule has 0 bridgehead atoms. The third-order valence-electron chi connectivity index (χ3n) is 4.10. The summed E-state index contributed by atoms with van der Waals surface area (Å²) in [6.07, 6.45) is 4.61. The lowest BCUT2D eigenvalue weighted by Crippen LogP contribution is -2.14. The quantitative estimate of drug-likeness (QED) is 0.793. The zero-order valence-corrected chi connectivity index (χ0v) is 15.2. The van der Waals surface area contributed by atoms with Crippen molar-refractivity contribution in [2.24, 2.45) is 5.92 Å². The van der Waals surface area contributed by atoms with Gasteiger partial charge in [-0.1, -0.05) is 6.07 Å². The highest BCUT2D eigenvalue weighted by Crippen LogP contribution is 2.23. The van der Waals surface area contributed by atoms with Crippen LogP contribution in [0.2, 0.25) is 0 Å². The third kappa shape index (κ3) is 5.73. The van der Waals surface area contributed by atoms with Crippen LogP contribution in [0.1, 0.15) is 29.7 Å². The van der Waals surface area contributed by atoms with Crippen molar-refractivity contribution in [3.8, 4) is 0 Å². The van der Waals surface area contributed by atoms with E-state index < -0.39 is 11.6 Å². The molecule has 1 aromatic heterocycles. The minimum atomic E-state index is -0.855. The van der Waals surface area contributed by atoms with Gasteiger partial charge in [-0.05, 0) is 49.5 Å². The number of hydrogen-bond donors (Lipinski definition) is 2. The summed E-state index contributed by atoms with van der Waals surface area (Å²) in [4.78, 5) is 17.0. The van der Waals surface area contributed by atoms with E-state index in [9.17, 15) is 13.6 Å². The van der Waals surface area contributed by atoms with Crippen LogP contribution in [0.25, 0.3) is 0 Å². The molecule has 1 amide bonds. The number of amides is 1. The Morgan fingerprint density at radius 3 is 2.92 bits per heavy atom. The van der Waals surface area contributed by atoms with Crippen molar-refractivity contribution in [2.45, 2.75) is 25.7 Å². The van der Waals surface area contributed by atoms with Crippen molar-refractivity contribution in [1.29, 1.82) is 0 Å². The van der Waals surface area contributed by atoms with E-state index in [2.05, 4.69) is 15.6 Å². The molecule has 1 saturated heterocycles. The van der Waals surface area contributed by atoms with E-state index in [1.54, 1.807) is 12.3 Å². The number of hydrogen-bond acceptors (Lipinski definition) is 4. The Labute approximate surface area is 155 Å². The van der Waals surface area contributed by atoms with Crippen molar-refractivity contribution in [3.05, 3.63) is 46.5 Å². The van der Waals surface area contributed by atoms with Crippen molar-refractivity contribution in [2.75, 3.05) is 18.4 Å². The molecule has 1 unspecified atom stereocenters. The van der Waals surface area contributed by atoms with Gasteiger partial charge in [0.1, 0.15) is 0 Å². The summed E-state index contributed by atoms with van der Waals surface area (Å²) >= 11 is 1.35. The number of carbonyl (C=O) groups excluding carboxylic acids is 1. The van der Waals surface area contributed by atoms with E-state index >= 15 is 0 Å². The molecule has 0 spiro atoms. The monoisotopic (exact) mass is 387 g/mol. The highest BCUT2D eigenvalue weighted by molar-refractivity contribution is 7.15. The summed E-state index contributed by atoms with van der Waals surface area (Å²) < 4.78 is 26.2. The van der Waals surface area contributed by atoms with E-state index in [0.29, 0.717) is 29.5 Å². The molecule has 2 aromatic rings. The van der Waals surface area contributed by atoms with Crippen LogP contribution in [-0.4, -0.2) is 24.0 Å². The maximum Gasteiger partial charge on any atom is 0.226 e. The molecule has 0 saturated carbocycles. The number of halogens is 3. The van der Waals surface area contributed by atoms with Crippen LogP contribution in [0, 0.1) is 17.6 Å². The topological polar surface area (TPSA) is 54.0 Å². The van der Waals surface area contributed by atoms with Crippen molar-refractivity contribution >= 4 is 34.8 Å². The molecule has 1 atom stereocenters. The van der Waals surface area contributed by atoms with Crippen molar-refractivity contribution < 1.29 is 13.6 Å². The van der Waals surface area contributed by atoms with Crippen molar-refractivity contribution in [3.63, 3.8) is 0 Å². The molecular formula is C17H20ClF2N3OS. The average Bonchev–Trinajstić information content (AvgIpc) is 3.21. The number of nitrogens with one attached hydrogen (secondary N) is 2. The molecule has 3 rings (SSSR count). The van der Waals surface area contributed by atoms with Crippen molar-refractivity contribution in [1.82, 2.24) is 10.3 Å². The van der Waals surface area contributed by atoms with Crippen LogP contribution < -0.4 is 10.6 Å². The molecule has 1 aliphatic heterocycles. The first-order valence-electron chi connectivity index (χ1n) is 7.99. The fourth-order valence-electron chi connectivity index (χ4n) is 2.78. The fraction of sp³-hybridized carbons (Fsp3) is 0.412. The molecule has 25 heavy (non-hydrogen) atoms. The molecule has 1 fully saturated rings. The van der Waals surface area contributed by atoms with Gasteiger partial charge in [-0.25, -0.2) is 13.8 Å². The highest BCUT2D eigenvalue weighted by atomic mass is 35.5. The third-order valence-corrected chi connectivity index (χ3v) is 5.02. The number of thiazole rings is 1. The second kappa shape index (κ2) is 9.22. The van der Waals surface area contributed by atoms with Crippen LogP contribution in [0.3, 0.4) is 0 Å². The SMILES string of the molecule is Cl.O=C(CCC1CCNC1)Nc1ncc(Cc2ccc(F)c(F)c2)s1. The zero-order chi connectivity index (χ0) is 16.9. The first kappa shape index (κ1) is 19.8. The van der Waals surface area contributed by atoms with Gasteiger partial charge in [-0.2, -0.15) is 0 Å². The number of nitrogens with zero attached hydrogens (tertiary/aromatic N) is 1. The molecule has 1 aliphatic rings. The Balaban J connectivity index is 0.00000225. The van der Waals surface area contributed by atoms with Gasteiger partial charge in [-0.3, -0.25) is 4.79 Å². The maximum atomic E-state index is 13.2. The van der Waals surface area contributed by atoms with Gasteiger partial charge in [0, 0.05) is 23.9 Å². The number of benzene rings is 1. The van der Waals surface area contributed by atoms with Gasteiger partial charge in [0.25, 0.3) is 0 Å².